The van der Waals surface area contributed by atoms with E-state index < -0.39 is 18.1 Å². The molecular formula is C54H97NO7. The Morgan fingerprint density at radius 1 is 0.500 bits per heavy atom. The van der Waals surface area contributed by atoms with Crippen molar-refractivity contribution < 1.29 is 38.2 Å². The van der Waals surface area contributed by atoms with Crippen molar-refractivity contribution >= 4 is 17.9 Å². The van der Waals surface area contributed by atoms with Gasteiger partial charge in [0.1, 0.15) is 12.6 Å². The number of carbonyl (C=O) groups is 3. The summed E-state index contributed by atoms with van der Waals surface area (Å²) in [5, 5.41) is 11.7. The largest absolute Gasteiger partial charge is 0.544 e. The number of aliphatic carboxylic acids is 1. The van der Waals surface area contributed by atoms with Crippen LogP contribution in [-0.2, 0) is 28.6 Å². The molecule has 0 saturated heterocycles. The molecule has 0 aromatic rings. The molecule has 2 unspecified atom stereocenters. The lowest BCUT2D eigenvalue weighted by Crippen LogP contribution is -2.55. The van der Waals surface area contributed by atoms with Gasteiger partial charge in [0.05, 0.1) is 40.3 Å². The normalized spacial score (nSPS) is 13.2. The molecule has 0 spiro atoms. The molecule has 0 rings (SSSR count). The SMILES string of the molecule is CC/C=C/C/C=C/C/C=C/CCCCCCCCCCCCC(=O)OC(COCCC(C(=O)[O-])[N+](C)(C)C)COC(=O)CCCCCCC/C=C/CCCCCCCCCCC. The summed E-state index contributed by atoms with van der Waals surface area (Å²) in [5.41, 5.74) is 0. The van der Waals surface area contributed by atoms with E-state index in [1.54, 1.807) is 21.1 Å². The van der Waals surface area contributed by atoms with Crippen LogP contribution in [0.2, 0.25) is 0 Å². The van der Waals surface area contributed by atoms with Crippen molar-refractivity contribution in [1.29, 1.82) is 0 Å². The molecule has 2 atom stereocenters. The van der Waals surface area contributed by atoms with Gasteiger partial charge in [0.15, 0.2) is 6.10 Å². The van der Waals surface area contributed by atoms with Crippen LogP contribution in [0.25, 0.3) is 0 Å². The fourth-order valence-corrected chi connectivity index (χ4v) is 7.49. The molecule has 62 heavy (non-hydrogen) atoms. The third-order valence-electron chi connectivity index (χ3n) is 11.4. The van der Waals surface area contributed by atoms with Crippen LogP contribution in [0.5, 0.6) is 0 Å². The number of esters is 2. The van der Waals surface area contributed by atoms with Crippen LogP contribution < -0.4 is 5.11 Å². The van der Waals surface area contributed by atoms with E-state index in [1.165, 1.54) is 122 Å². The van der Waals surface area contributed by atoms with E-state index in [-0.39, 0.29) is 42.7 Å². The summed E-state index contributed by atoms with van der Waals surface area (Å²) in [6, 6.07) is -0.728. The topological polar surface area (TPSA) is 102 Å². The Labute approximate surface area is 382 Å². The van der Waals surface area contributed by atoms with E-state index in [0.29, 0.717) is 12.8 Å². The molecule has 0 saturated carbocycles. The van der Waals surface area contributed by atoms with Crippen LogP contribution in [0.4, 0.5) is 0 Å². The number of carboxylic acids is 1. The standard InChI is InChI=1S/C54H97NO7/c1-6-8-10-12-14-16-18-20-22-24-26-27-29-31-33-35-37-39-41-43-45-53(57)62-50(48-60-47-46-51(54(58)59)55(3,4)5)49-61-52(56)44-42-40-38-36-34-32-30-28-25-23-21-19-17-15-13-11-9-7-2/h8,10,14,16,20,22,28,30,50-51H,6-7,9,11-13,15,17-19,21,23-27,29,31-49H2,1-5H3/b10-8+,16-14+,22-20+,30-28+. The van der Waals surface area contributed by atoms with Crippen LogP contribution in [0.15, 0.2) is 48.6 Å². The monoisotopic (exact) mass is 872 g/mol. The third kappa shape index (κ3) is 42.6. The molecule has 0 heterocycles. The summed E-state index contributed by atoms with van der Waals surface area (Å²) in [5.74, 6) is -1.74. The maximum Gasteiger partial charge on any atom is 0.306 e. The van der Waals surface area contributed by atoms with Crippen molar-refractivity contribution in [3.8, 4) is 0 Å². The predicted molar refractivity (Wildman–Crippen MR) is 259 cm³/mol. The Morgan fingerprint density at radius 3 is 1.35 bits per heavy atom. The first-order valence-electron chi connectivity index (χ1n) is 25.7. The Morgan fingerprint density at radius 2 is 0.903 bits per heavy atom. The highest BCUT2D eigenvalue weighted by Gasteiger charge is 2.25. The molecule has 0 amide bonds. The Balaban J connectivity index is 4.25. The summed E-state index contributed by atoms with van der Waals surface area (Å²) in [4.78, 5) is 37.0. The number of carbonyl (C=O) groups excluding carboxylic acids is 3. The van der Waals surface area contributed by atoms with Crippen molar-refractivity contribution in [3.05, 3.63) is 48.6 Å². The minimum absolute atomic E-state index is 0.0370. The van der Waals surface area contributed by atoms with Crippen LogP contribution in [0, 0.1) is 0 Å². The third-order valence-corrected chi connectivity index (χ3v) is 11.4. The Kier molecular flexibility index (Phi) is 42.9. The van der Waals surface area contributed by atoms with E-state index in [9.17, 15) is 19.5 Å². The molecule has 0 aromatic heterocycles. The molecule has 0 fully saturated rings. The van der Waals surface area contributed by atoms with Gasteiger partial charge in [-0.25, -0.2) is 0 Å². The van der Waals surface area contributed by atoms with Gasteiger partial charge in [0.2, 0.25) is 0 Å². The van der Waals surface area contributed by atoms with Gasteiger partial charge in [-0.05, 0) is 70.6 Å². The zero-order chi connectivity index (χ0) is 45.6. The zero-order valence-corrected chi connectivity index (χ0v) is 41.0. The minimum atomic E-state index is -1.13. The lowest BCUT2D eigenvalue weighted by atomic mass is 10.0. The van der Waals surface area contributed by atoms with Gasteiger partial charge in [-0.3, -0.25) is 9.59 Å². The lowest BCUT2D eigenvalue weighted by Gasteiger charge is -2.34. The van der Waals surface area contributed by atoms with E-state index in [4.69, 9.17) is 14.2 Å². The number of hydrogen-bond acceptors (Lipinski definition) is 7. The number of quaternary nitrogens is 1. The first-order chi connectivity index (χ1) is 30.1. The molecule has 8 heteroatoms. The van der Waals surface area contributed by atoms with Crippen LogP contribution >= 0.6 is 0 Å². The average Bonchev–Trinajstić information content (AvgIpc) is 3.23. The lowest BCUT2D eigenvalue weighted by molar-refractivity contribution is -0.889. The number of carboxylic acid groups (broad SMARTS) is 1. The van der Waals surface area contributed by atoms with Gasteiger partial charge >= 0.3 is 11.9 Å². The van der Waals surface area contributed by atoms with Crippen LogP contribution in [0.1, 0.15) is 226 Å². The number of ether oxygens (including phenoxy) is 3. The summed E-state index contributed by atoms with van der Waals surface area (Å²) >= 11 is 0. The Hall–Kier alpha value is -2.71. The summed E-state index contributed by atoms with van der Waals surface area (Å²) in [7, 11) is 5.41. The van der Waals surface area contributed by atoms with Gasteiger partial charge in [0.25, 0.3) is 0 Å². The second kappa shape index (κ2) is 44.9. The highest BCUT2D eigenvalue weighted by atomic mass is 16.6. The highest BCUT2D eigenvalue weighted by molar-refractivity contribution is 5.70. The molecule has 0 bridgehead atoms. The van der Waals surface area contributed by atoms with Crippen molar-refractivity contribution in [2.75, 3.05) is 41.0 Å². The molecule has 0 aliphatic heterocycles. The number of nitrogens with zero attached hydrogens (tertiary/aromatic N) is 1. The number of hydrogen-bond donors (Lipinski definition) is 0. The number of allylic oxidation sites excluding steroid dienone is 8. The summed E-state index contributed by atoms with van der Waals surface area (Å²) in [6.45, 7) is 4.56. The number of unbranched alkanes of at least 4 members (excludes halogenated alkanes) is 24. The van der Waals surface area contributed by atoms with Crippen molar-refractivity contribution in [3.63, 3.8) is 0 Å². The van der Waals surface area contributed by atoms with Gasteiger partial charge in [-0.2, -0.15) is 0 Å². The molecular weight excluding hydrogens is 775 g/mol. The predicted octanol–water partition coefficient (Wildman–Crippen LogP) is 13.4. The molecule has 0 N–H and O–H groups in total. The first-order valence-corrected chi connectivity index (χ1v) is 25.7. The quantitative estimate of drug-likeness (QED) is 0.0260. The zero-order valence-electron chi connectivity index (χ0n) is 41.0. The van der Waals surface area contributed by atoms with Crippen molar-refractivity contribution in [2.24, 2.45) is 0 Å². The second-order valence-electron chi connectivity index (χ2n) is 18.4. The van der Waals surface area contributed by atoms with Crippen molar-refractivity contribution in [2.45, 2.75) is 238 Å². The highest BCUT2D eigenvalue weighted by Crippen LogP contribution is 2.15. The second-order valence-corrected chi connectivity index (χ2v) is 18.4. The maximum atomic E-state index is 12.8. The van der Waals surface area contributed by atoms with Gasteiger partial charge in [0, 0.05) is 19.3 Å². The van der Waals surface area contributed by atoms with Gasteiger partial charge in [-0.1, -0.05) is 184 Å². The maximum absolute atomic E-state index is 12.8. The molecule has 0 aliphatic carbocycles. The van der Waals surface area contributed by atoms with E-state index in [0.717, 1.165) is 70.6 Å². The molecule has 360 valence electrons. The molecule has 0 aromatic carbocycles. The summed E-state index contributed by atoms with van der Waals surface area (Å²) < 4.78 is 17.2. The molecule has 8 nitrogen and oxygen atoms in total. The number of rotatable bonds is 46. The van der Waals surface area contributed by atoms with Crippen molar-refractivity contribution in [1.82, 2.24) is 0 Å². The molecule has 0 aliphatic rings. The van der Waals surface area contributed by atoms with Crippen LogP contribution in [0.3, 0.4) is 0 Å². The molecule has 0 radical (unpaired) electrons. The van der Waals surface area contributed by atoms with Gasteiger partial charge < -0.3 is 28.6 Å². The van der Waals surface area contributed by atoms with Crippen LogP contribution in [-0.4, -0.2) is 75.5 Å². The van der Waals surface area contributed by atoms with E-state index in [1.807, 2.05) is 0 Å². The average molecular weight is 872 g/mol. The smallest absolute Gasteiger partial charge is 0.306 e. The number of likely N-dealkylation sites (N-methyl/N-ethyl adjacent to an activating group) is 1. The van der Waals surface area contributed by atoms with E-state index in [2.05, 4.69) is 62.5 Å². The minimum Gasteiger partial charge on any atom is -0.544 e. The van der Waals surface area contributed by atoms with E-state index >= 15 is 0 Å². The fraction of sp³-hybridized carbons (Fsp3) is 0.796. The Bertz CT molecular complexity index is 1150. The first kappa shape index (κ1) is 59.3. The fourth-order valence-electron chi connectivity index (χ4n) is 7.49. The van der Waals surface area contributed by atoms with Gasteiger partial charge in [-0.15, -0.1) is 0 Å². The summed E-state index contributed by atoms with van der Waals surface area (Å²) in [6.07, 6.45) is 54.2.